The summed E-state index contributed by atoms with van der Waals surface area (Å²) in [4.78, 5) is 31.6. The first-order valence-corrected chi connectivity index (χ1v) is 7.54. The van der Waals surface area contributed by atoms with Gasteiger partial charge >= 0.3 is 0 Å². The SMILES string of the molecule is C=CC(=O)N(CC)CC(=O)N1CCCC(c2noc(C)n2)C1. The molecule has 22 heavy (non-hydrogen) atoms. The molecule has 0 radical (unpaired) electrons. The molecule has 0 N–H and O–H groups in total. The molecule has 1 fully saturated rings. The summed E-state index contributed by atoms with van der Waals surface area (Å²) in [5.74, 6) is 1.01. The average Bonchev–Trinajstić information content (AvgIpc) is 2.98. The van der Waals surface area contributed by atoms with Gasteiger partial charge in [-0.25, -0.2) is 0 Å². The van der Waals surface area contributed by atoms with Crippen LogP contribution >= 0.6 is 0 Å². The van der Waals surface area contributed by atoms with Gasteiger partial charge in [-0.1, -0.05) is 11.7 Å². The number of nitrogens with zero attached hydrogens (tertiary/aromatic N) is 4. The molecule has 0 aliphatic carbocycles. The van der Waals surface area contributed by atoms with Crippen molar-refractivity contribution < 1.29 is 14.1 Å². The molecule has 1 aromatic heterocycles. The lowest BCUT2D eigenvalue weighted by Gasteiger charge is -2.32. The fourth-order valence-electron chi connectivity index (χ4n) is 2.63. The van der Waals surface area contributed by atoms with E-state index in [1.807, 2.05) is 6.92 Å². The van der Waals surface area contributed by atoms with Crippen LogP contribution in [-0.4, -0.2) is 57.9 Å². The van der Waals surface area contributed by atoms with Gasteiger partial charge in [-0.3, -0.25) is 9.59 Å². The number of likely N-dealkylation sites (tertiary alicyclic amines) is 1. The van der Waals surface area contributed by atoms with Crippen LogP contribution in [0.4, 0.5) is 0 Å². The van der Waals surface area contributed by atoms with Crippen molar-refractivity contribution in [3.63, 3.8) is 0 Å². The van der Waals surface area contributed by atoms with Crippen molar-refractivity contribution in [3.8, 4) is 0 Å². The minimum atomic E-state index is -0.224. The molecule has 0 spiro atoms. The van der Waals surface area contributed by atoms with E-state index >= 15 is 0 Å². The van der Waals surface area contributed by atoms with Crippen LogP contribution in [0.3, 0.4) is 0 Å². The Labute approximate surface area is 130 Å². The molecule has 1 saturated heterocycles. The normalized spacial score (nSPS) is 18.1. The molecule has 2 rings (SSSR count). The van der Waals surface area contributed by atoms with Crippen molar-refractivity contribution in [3.05, 3.63) is 24.4 Å². The maximum absolute atomic E-state index is 12.4. The first-order chi connectivity index (χ1) is 10.5. The summed E-state index contributed by atoms with van der Waals surface area (Å²) < 4.78 is 5.01. The highest BCUT2D eigenvalue weighted by molar-refractivity contribution is 5.90. The highest BCUT2D eigenvalue weighted by Crippen LogP contribution is 2.24. The van der Waals surface area contributed by atoms with Crippen LogP contribution in [0.15, 0.2) is 17.2 Å². The van der Waals surface area contributed by atoms with Gasteiger partial charge in [0, 0.05) is 32.5 Å². The molecule has 7 heteroatoms. The Morgan fingerprint density at radius 1 is 1.55 bits per heavy atom. The number of carbonyl (C=O) groups excluding carboxylic acids is 2. The predicted octanol–water partition coefficient (Wildman–Crippen LogP) is 1.12. The fraction of sp³-hybridized carbons (Fsp3) is 0.600. The molecule has 7 nitrogen and oxygen atoms in total. The Morgan fingerprint density at radius 3 is 2.91 bits per heavy atom. The number of likely N-dealkylation sites (N-methyl/N-ethyl adjacent to an activating group) is 1. The fourth-order valence-corrected chi connectivity index (χ4v) is 2.63. The number of carbonyl (C=O) groups is 2. The third kappa shape index (κ3) is 3.72. The Kier molecular flexibility index (Phi) is 5.30. The van der Waals surface area contributed by atoms with Crippen molar-refractivity contribution in [1.29, 1.82) is 0 Å². The maximum Gasteiger partial charge on any atom is 0.246 e. The lowest BCUT2D eigenvalue weighted by atomic mass is 9.97. The lowest BCUT2D eigenvalue weighted by Crippen LogP contribution is -2.46. The van der Waals surface area contributed by atoms with E-state index in [9.17, 15) is 9.59 Å². The first-order valence-electron chi connectivity index (χ1n) is 7.54. The van der Waals surface area contributed by atoms with E-state index in [-0.39, 0.29) is 24.3 Å². The van der Waals surface area contributed by atoms with E-state index in [0.29, 0.717) is 31.3 Å². The summed E-state index contributed by atoms with van der Waals surface area (Å²) in [5, 5.41) is 3.95. The Bertz CT molecular complexity index is 555. The molecule has 0 bridgehead atoms. The summed E-state index contributed by atoms with van der Waals surface area (Å²) in [6, 6.07) is 0. The molecule has 2 amide bonds. The Balaban J connectivity index is 1.98. The van der Waals surface area contributed by atoms with Gasteiger partial charge in [-0.15, -0.1) is 0 Å². The van der Waals surface area contributed by atoms with Crippen LogP contribution in [0.5, 0.6) is 0 Å². The first kappa shape index (κ1) is 16.2. The van der Waals surface area contributed by atoms with Crippen molar-refractivity contribution in [2.45, 2.75) is 32.6 Å². The van der Waals surface area contributed by atoms with Crippen LogP contribution in [-0.2, 0) is 9.59 Å². The molecule has 120 valence electrons. The molecule has 2 heterocycles. The standard InChI is InChI=1S/C15H22N4O3/c1-4-13(20)18(5-2)10-14(21)19-8-6-7-12(9-19)15-16-11(3)22-17-15/h4,12H,1,5-10H2,2-3H3. The summed E-state index contributed by atoms with van der Waals surface area (Å²) in [6.45, 7) is 8.89. The van der Waals surface area contributed by atoms with Crippen LogP contribution < -0.4 is 0 Å². The van der Waals surface area contributed by atoms with E-state index in [2.05, 4.69) is 16.7 Å². The van der Waals surface area contributed by atoms with Gasteiger partial charge in [0.25, 0.3) is 0 Å². The number of hydrogen-bond donors (Lipinski definition) is 0. The van der Waals surface area contributed by atoms with E-state index < -0.39 is 0 Å². The second kappa shape index (κ2) is 7.20. The van der Waals surface area contributed by atoms with Gasteiger partial charge in [-0.2, -0.15) is 4.98 Å². The van der Waals surface area contributed by atoms with Crippen molar-refractivity contribution in [2.24, 2.45) is 0 Å². The van der Waals surface area contributed by atoms with Crippen LogP contribution in [0.1, 0.15) is 37.4 Å². The molecule has 1 unspecified atom stereocenters. The number of aromatic nitrogens is 2. The van der Waals surface area contributed by atoms with Crippen LogP contribution in [0.2, 0.25) is 0 Å². The van der Waals surface area contributed by atoms with Gasteiger partial charge in [0.05, 0.1) is 6.54 Å². The zero-order chi connectivity index (χ0) is 16.1. The quantitative estimate of drug-likeness (QED) is 0.762. The monoisotopic (exact) mass is 306 g/mol. The third-order valence-corrected chi connectivity index (χ3v) is 3.88. The molecule has 1 atom stereocenters. The number of hydrogen-bond acceptors (Lipinski definition) is 5. The van der Waals surface area contributed by atoms with Gasteiger partial charge in [0.15, 0.2) is 5.82 Å². The zero-order valence-corrected chi connectivity index (χ0v) is 13.1. The smallest absolute Gasteiger partial charge is 0.246 e. The molecule has 1 aromatic rings. The van der Waals surface area contributed by atoms with Crippen molar-refractivity contribution >= 4 is 11.8 Å². The lowest BCUT2D eigenvalue weighted by molar-refractivity contribution is -0.138. The van der Waals surface area contributed by atoms with E-state index in [1.54, 1.807) is 11.8 Å². The summed E-state index contributed by atoms with van der Waals surface area (Å²) >= 11 is 0. The minimum Gasteiger partial charge on any atom is -0.340 e. The van der Waals surface area contributed by atoms with Crippen LogP contribution in [0.25, 0.3) is 0 Å². The largest absolute Gasteiger partial charge is 0.340 e. The topological polar surface area (TPSA) is 79.5 Å². The van der Waals surface area contributed by atoms with Gasteiger partial charge in [-0.05, 0) is 25.8 Å². The highest BCUT2D eigenvalue weighted by Gasteiger charge is 2.28. The summed E-state index contributed by atoms with van der Waals surface area (Å²) in [7, 11) is 0. The van der Waals surface area contributed by atoms with Gasteiger partial charge < -0.3 is 14.3 Å². The zero-order valence-electron chi connectivity index (χ0n) is 13.1. The third-order valence-electron chi connectivity index (χ3n) is 3.88. The van der Waals surface area contributed by atoms with E-state index in [0.717, 1.165) is 12.8 Å². The van der Waals surface area contributed by atoms with Crippen molar-refractivity contribution in [2.75, 3.05) is 26.2 Å². The summed E-state index contributed by atoms with van der Waals surface area (Å²) in [5.41, 5.74) is 0. The molecule has 1 aliphatic heterocycles. The Morgan fingerprint density at radius 2 is 2.32 bits per heavy atom. The number of aryl methyl sites for hydroxylation is 1. The summed E-state index contributed by atoms with van der Waals surface area (Å²) in [6.07, 6.45) is 3.06. The number of amides is 2. The molecule has 1 aliphatic rings. The number of rotatable bonds is 5. The average molecular weight is 306 g/mol. The molecular formula is C15H22N4O3. The van der Waals surface area contributed by atoms with E-state index in [4.69, 9.17) is 4.52 Å². The molecular weight excluding hydrogens is 284 g/mol. The molecule has 0 saturated carbocycles. The van der Waals surface area contributed by atoms with Gasteiger partial charge in [0.2, 0.25) is 17.7 Å². The van der Waals surface area contributed by atoms with Gasteiger partial charge in [0.1, 0.15) is 0 Å². The maximum atomic E-state index is 12.4. The molecule has 0 aromatic carbocycles. The second-order valence-electron chi connectivity index (χ2n) is 5.41. The van der Waals surface area contributed by atoms with Crippen LogP contribution in [0, 0.1) is 6.92 Å². The second-order valence-corrected chi connectivity index (χ2v) is 5.41. The Hall–Kier alpha value is -2.18. The van der Waals surface area contributed by atoms with E-state index in [1.165, 1.54) is 11.0 Å². The number of piperidine rings is 1. The minimum absolute atomic E-state index is 0.0537. The van der Waals surface area contributed by atoms with Crippen molar-refractivity contribution in [1.82, 2.24) is 19.9 Å². The predicted molar refractivity (Wildman–Crippen MR) is 80.0 cm³/mol. The highest BCUT2D eigenvalue weighted by atomic mass is 16.5.